The number of hydrogen-bond acceptors (Lipinski definition) is 1. The van der Waals surface area contributed by atoms with Crippen LogP contribution in [0.25, 0.3) is 0 Å². The van der Waals surface area contributed by atoms with E-state index >= 15 is 0 Å². The summed E-state index contributed by atoms with van der Waals surface area (Å²) in [5, 5.41) is 3.73. The van der Waals surface area contributed by atoms with Gasteiger partial charge in [0.05, 0.1) is 0 Å². The van der Waals surface area contributed by atoms with E-state index in [0.717, 1.165) is 5.92 Å². The molecule has 19 heavy (non-hydrogen) atoms. The number of rotatable bonds is 10. The van der Waals surface area contributed by atoms with Gasteiger partial charge in [0.25, 0.3) is 0 Å². The van der Waals surface area contributed by atoms with Crippen LogP contribution >= 0.6 is 0 Å². The first-order chi connectivity index (χ1) is 9.26. The minimum atomic E-state index is 0.590. The normalized spacial score (nSPS) is 20.4. The van der Waals surface area contributed by atoms with Crippen molar-refractivity contribution in [2.75, 3.05) is 13.1 Å². The van der Waals surface area contributed by atoms with Crippen molar-refractivity contribution >= 4 is 0 Å². The van der Waals surface area contributed by atoms with Gasteiger partial charge in [-0.2, -0.15) is 0 Å². The molecule has 1 saturated carbocycles. The first-order valence-electron chi connectivity index (χ1n) is 8.97. The maximum Gasteiger partial charge on any atom is 0.000780 e. The molecule has 0 bridgehead atoms. The molecule has 1 aliphatic rings. The standard InChI is InChI=1S/C18H37N/c1-4-7-13-18(6-3,16-19-14-5-2)15-17-11-9-8-10-12-17/h17,19H,4-16H2,1-3H3. The molecule has 0 aromatic heterocycles. The fourth-order valence-corrected chi connectivity index (χ4v) is 3.79. The van der Waals surface area contributed by atoms with Crippen molar-refractivity contribution in [2.24, 2.45) is 11.3 Å². The van der Waals surface area contributed by atoms with E-state index in [-0.39, 0.29) is 0 Å². The summed E-state index contributed by atoms with van der Waals surface area (Å²) < 4.78 is 0. The molecule has 1 heteroatoms. The Kier molecular flexibility index (Phi) is 8.77. The van der Waals surface area contributed by atoms with Gasteiger partial charge in [-0.15, -0.1) is 0 Å². The lowest BCUT2D eigenvalue weighted by molar-refractivity contribution is 0.153. The lowest BCUT2D eigenvalue weighted by Crippen LogP contribution is -2.36. The Labute approximate surface area is 121 Å². The van der Waals surface area contributed by atoms with Crippen LogP contribution in [-0.4, -0.2) is 13.1 Å². The molecule has 0 saturated heterocycles. The second-order valence-corrected chi connectivity index (χ2v) is 6.84. The van der Waals surface area contributed by atoms with Crippen LogP contribution in [0.2, 0.25) is 0 Å². The number of nitrogens with one attached hydrogen (secondary N) is 1. The Balaban J connectivity index is 2.53. The molecule has 1 N–H and O–H groups in total. The fourth-order valence-electron chi connectivity index (χ4n) is 3.79. The highest BCUT2D eigenvalue weighted by atomic mass is 14.9. The van der Waals surface area contributed by atoms with Crippen LogP contribution in [0, 0.1) is 11.3 Å². The lowest BCUT2D eigenvalue weighted by Gasteiger charge is -2.38. The molecule has 0 heterocycles. The van der Waals surface area contributed by atoms with E-state index in [4.69, 9.17) is 0 Å². The molecule has 0 aliphatic heterocycles. The van der Waals surface area contributed by atoms with E-state index < -0.39 is 0 Å². The maximum atomic E-state index is 3.73. The molecule has 0 aromatic carbocycles. The monoisotopic (exact) mass is 267 g/mol. The summed E-state index contributed by atoms with van der Waals surface area (Å²) >= 11 is 0. The molecule has 0 aromatic rings. The SMILES string of the molecule is CCCCC(CC)(CNCCC)CC1CCCCC1. The van der Waals surface area contributed by atoms with Crippen molar-refractivity contribution in [1.82, 2.24) is 5.32 Å². The van der Waals surface area contributed by atoms with Crippen molar-refractivity contribution < 1.29 is 0 Å². The third-order valence-corrected chi connectivity index (χ3v) is 5.18. The first kappa shape index (κ1) is 17.0. The van der Waals surface area contributed by atoms with Crippen LogP contribution in [0.3, 0.4) is 0 Å². The highest BCUT2D eigenvalue weighted by Crippen LogP contribution is 2.40. The molecular formula is C18H37N. The zero-order valence-corrected chi connectivity index (χ0v) is 13.8. The Morgan fingerprint density at radius 1 is 1.00 bits per heavy atom. The Bertz CT molecular complexity index is 208. The molecule has 1 unspecified atom stereocenters. The van der Waals surface area contributed by atoms with Gasteiger partial charge < -0.3 is 5.32 Å². The molecule has 114 valence electrons. The summed E-state index contributed by atoms with van der Waals surface area (Å²) in [4.78, 5) is 0. The van der Waals surface area contributed by atoms with Gasteiger partial charge >= 0.3 is 0 Å². The van der Waals surface area contributed by atoms with E-state index in [1.807, 2.05) is 0 Å². The van der Waals surface area contributed by atoms with Crippen molar-refractivity contribution in [2.45, 2.75) is 91.4 Å². The average Bonchev–Trinajstić information content (AvgIpc) is 2.46. The van der Waals surface area contributed by atoms with Crippen LogP contribution in [0.4, 0.5) is 0 Å². The summed E-state index contributed by atoms with van der Waals surface area (Å²) in [5.74, 6) is 1.02. The summed E-state index contributed by atoms with van der Waals surface area (Å²) in [6, 6.07) is 0. The number of hydrogen-bond donors (Lipinski definition) is 1. The van der Waals surface area contributed by atoms with E-state index in [2.05, 4.69) is 26.1 Å². The summed E-state index contributed by atoms with van der Waals surface area (Å²) in [6.07, 6.45) is 15.8. The van der Waals surface area contributed by atoms with E-state index in [1.54, 1.807) is 0 Å². The third kappa shape index (κ3) is 6.29. The Morgan fingerprint density at radius 3 is 2.32 bits per heavy atom. The summed E-state index contributed by atoms with van der Waals surface area (Å²) in [5.41, 5.74) is 0.590. The predicted octanol–water partition coefficient (Wildman–Crippen LogP) is 5.54. The van der Waals surface area contributed by atoms with Gasteiger partial charge in [-0.25, -0.2) is 0 Å². The topological polar surface area (TPSA) is 12.0 Å². The number of unbranched alkanes of at least 4 members (excludes halogenated alkanes) is 1. The second-order valence-electron chi connectivity index (χ2n) is 6.84. The van der Waals surface area contributed by atoms with Crippen molar-refractivity contribution in [3.05, 3.63) is 0 Å². The maximum absolute atomic E-state index is 3.73. The van der Waals surface area contributed by atoms with Crippen molar-refractivity contribution in [1.29, 1.82) is 0 Å². The minimum Gasteiger partial charge on any atom is -0.316 e. The van der Waals surface area contributed by atoms with E-state index in [1.165, 1.54) is 83.7 Å². The molecule has 1 aliphatic carbocycles. The molecule has 1 nitrogen and oxygen atoms in total. The van der Waals surface area contributed by atoms with Crippen LogP contribution in [-0.2, 0) is 0 Å². The van der Waals surface area contributed by atoms with Gasteiger partial charge in [-0.3, -0.25) is 0 Å². The van der Waals surface area contributed by atoms with Gasteiger partial charge in [-0.05, 0) is 43.6 Å². The summed E-state index contributed by atoms with van der Waals surface area (Å²) in [7, 11) is 0. The largest absolute Gasteiger partial charge is 0.316 e. The van der Waals surface area contributed by atoms with Crippen LogP contribution in [0.15, 0.2) is 0 Å². The summed E-state index contributed by atoms with van der Waals surface area (Å²) in [6.45, 7) is 9.48. The zero-order valence-electron chi connectivity index (χ0n) is 13.8. The van der Waals surface area contributed by atoms with Gasteiger partial charge in [-0.1, -0.05) is 65.7 Å². The molecule has 1 rings (SSSR count). The third-order valence-electron chi connectivity index (χ3n) is 5.18. The Morgan fingerprint density at radius 2 is 1.74 bits per heavy atom. The minimum absolute atomic E-state index is 0.590. The fraction of sp³-hybridized carbons (Fsp3) is 1.00. The van der Waals surface area contributed by atoms with E-state index in [0.29, 0.717) is 5.41 Å². The molecule has 0 spiro atoms. The highest BCUT2D eigenvalue weighted by molar-refractivity contribution is 4.84. The van der Waals surface area contributed by atoms with Gasteiger partial charge in [0, 0.05) is 6.54 Å². The molecule has 1 fully saturated rings. The van der Waals surface area contributed by atoms with Gasteiger partial charge in [0.15, 0.2) is 0 Å². The second kappa shape index (κ2) is 9.80. The first-order valence-corrected chi connectivity index (χ1v) is 8.97. The van der Waals surface area contributed by atoms with Gasteiger partial charge in [0.2, 0.25) is 0 Å². The zero-order chi connectivity index (χ0) is 14.0. The lowest BCUT2D eigenvalue weighted by atomic mass is 9.70. The molecular weight excluding hydrogens is 230 g/mol. The van der Waals surface area contributed by atoms with Crippen molar-refractivity contribution in [3.8, 4) is 0 Å². The highest BCUT2D eigenvalue weighted by Gasteiger charge is 2.31. The Hall–Kier alpha value is -0.0400. The quantitative estimate of drug-likeness (QED) is 0.512. The predicted molar refractivity (Wildman–Crippen MR) is 86.6 cm³/mol. The molecule has 0 radical (unpaired) electrons. The molecule has 0 amide bonds. The van der Waals surface area contributed by atoms with Crippen molar-refractivity contribution in [3.63, 3.8) is 0 Å². The average molecular weight is 268 g/mol. The van der Waals surface area contributed by atoms with Crippen LogP contribution in [0.1, 0.15) is 91.4 Å². The van der Waals surface area contributed by atoms with Crippen LogP contribution < -0.4 is 5.32 Å². The van der Waals surface area contributed by atoms with E-state index in [9.17, 15) is 0 Å². The van der Waals surface area contributed by atoms with Crippen LogP contribution in [0.5, 0.6) is 0 Å². The van der Waals surface area contributed by atoms with Gasteiger partial charge in [0.1, 0.15) is 0 Å². The smallest absolute Gasteiger partial charge is 0.000780 e. The molecule has 1 atom stereocenters.